The third-order valence-electron chi connectivity index (χ3n) is 2.34. The average Bonchev–Trinajstić information content (AvgIpc) is 2.27. The van der Waals surface area contributed by atoms with E-state index in [2.05, 4.69) is 21.2 Å². The number of alkyl halides is 3. The third-order valence-corrected chi connectivity index (χ3v) is 2.83. The molecule has 0 heterocycles. The minimum atomic E-state index is -4.30. The zero-order valence-corrected chi connectivity index (χ0v) is 11.9. The number of amides is 1. The van der Waals surface area contributed by atoms with Crippen LogP contribution in [0.5, 0.6) is 0 Å². The van der Waals surface area contributed by atoms with Crippen LogP contribution in [0.4, 0.5) is 13.2 Å². The molecule has 0 radical (unpaired) electrons. The van der Waals surface area contributed by atoms with Crippen molar-refractivity contribution in [2.24, 2.45) is 0 Å². The minimum Gasteiger partial charge on any atom is -0.340 e. The van der Waals surface area contributed by atoms with Crippen LogP contribution in [0.3, 0.4) is 0 Å². The molecule has 0 saturated heterocycles. The van der Waals surface area contributed by atoms with Gasteiger partial charge in [-0.15, -0.1) is 0 Å². The van der Waals surface area contributed by atoms with Crippen LogP contribution in [0.1, 0.15) is 5.56 Å². The van der Waals surface area contributed by atoms with Crippen LogP contribution in [0.25, 0.3) is 0 Å². The highest BCUT2D eigenvalue weighted by Gasteiger charge is 2.26. The smallest absolute Gasteiger partial charge is 0.340 e. The Hall–Kier alpha value is -1.08. The summed E-state index contributed by atoms with van der Waals surface area (Å²) in [6, 6.07) is 7.39. The van der Waals surface area contributed by atoms with Gasteiger partial charge in [-0.2, -0.15) is 13.2 Å². The van der Waals surface area contributed by atoms with E-state index in [9.17, 15) is 18.0 Å². The highest BCUT2D eigenvalue weighted by Crippen LogP contribution is 2.13. The fraction of sp³-hybridized carbons (Fsp3) is 0.417. The van der Waals surface area contributed by atoms with Gasteiger partial charge in [0.05, 0.1) is 13.1 Å². The van der Waals surface area contributed by atoms with E-state index in [-0.39, 0.29) is 12.5 Å². The molecular formula is C12H14BrF3N2O. The van der Waals surface area contributed by atoms with E-state index in [4.69, 9.17) is 0 Å². The van der Waals surface area contributed by atoms with Crippen molar-refractivity contribution in [1.82, 2.24) is 10.2 Å². The lowest BCUT2D eigenvalue weighted by atomic mass is 10.2. The van der Waals surface area contributed by atoms with Crippen LogP contribution in [-0.2, 0) is 11.3 Å². The number of hydrogen-bond donors (Lipinski definition) is 1. The number of nitrogens with one attached hydrogen (secondary N) is 1. The maximum absolute atomic E-state index is 11.9. The molecule has 0 atom stereocenters. The van der Waals surface area contributed by atoms with Crippen molar-refractivity contribution in [2.45, 2.75) is 12.7 Å². The molecule has 0 spiro atoms. The van der Waals surface area contributed by atoms with E-state index >= 15 is 0 Å². The summed E-state index contributed by atoms with van der Waals surface area (Å²) >= 11 is 3.31. The first-order valence-electron chi connectivity index (χ1n) is 5.54. The second kappa shape index (κ2) is 6.91. The van der Waals surface area contributed by atoms with Crippen molar-refractivity contribution >= 4 is 21.8 Å². The Bertz CT molecular complexity index is 437. The second-order valence-corrected chi connectivity index (χ2v) is 5.01. The Balaban J connectivity index is 2.41. The van der Waals surface area contributed by atoms with Crippen LogP contribution >= 0.6 is 15.9 Å². The molecule has 1 rings (SSSR count). The molecule has 106 valence electrons. The van der Waals surface area contributed by atoms with Gasteiger partial charge in [-0.25, -0.2) is 0 Å². The molecule has 1 N–H and O–H groups in total. The van der Waals surface area contributed by atoms with Gasteiger partial charge in [0.2, 0.25) is 5.91 Å². The van der Waals surface area contributed by atoms with Gasteiger partial charge < -0.3 is 10.2 Å². The average molecular weight is 339 g/mol. The maximum Gasteiger partial charge on any atom is 0.401 e. The van der Waals surface area contributed by atoms with Crippen LogP contribution in [-0.4, -0.2) is 37.1 Å². The lowest BCUT2D eigenvalue weighted by Gasteiger charge is -2.18. The summed E-state index contributed by atoms with van der Waals surface area (Å²) in [6.45, 7) is -1.14. The molecule has 3 nitrogen and oxygen atoms in total. The molecule has 0 aliphatic carbocycles. The number of hydrogen-bond acceptors (Lipinski definition) is 2. The van der Waals surface area contributed by atoms with Crippen LogP contribution in [0, 0.1) is 0 Å². The summed E-state index contributed by atoms with van der Waals surface area (Å²) in [7, 11) is 1.55. The van der Waals surface area contributed by atoms with Crippen LogP contribution in [0.15, 0.2) is 28.7 Å². The van der Waals surface area contributed by atoms with E-state index in [0.717, 1.165) is 10.0 Å². The lowest BCUT2D eigenvalue weighted by Crippen LogP contribution is -2.38. The van der Waals surface area contributed by atoms with Gasteiger partial charge in [0.1, 0.15) is 0 Å². The second-order valence-electron chi connectivity index (χ2n) is 4.10. The molecule has 0 bridgehead atoms. The highest BCUT2D eigenvalue weighted by atomic mass is 79.9. The van der Waals surface area contributed by atoms with Crippen molar-refractivity contribution in [2.75, 3.05) is 20.1 Å². The Morgan fingerprint density at radius 1 is 1.42 bits per heavy atom. The molecule has 19 heavy (non-hydrogen) atoms. The summed E-state index contributed by atoms with van der Waals surface area (Å²) in [5, 5.41) is 2.08. The number of carbonyl (C=O) groups excluding carboxylic acids is 1. The fourth-order valence-electron chi connectivity index (χ4n) is 1.44. The van der Waals surface area contributed by atoms with E-state index in [0.29, 0.717) is 6.54 Å². The number of likely N-dealkylation sites (N-methyl/N-ethyl adjacent to an activating group) is 1. The predicted octanol–water partition coefficient (Wildman–Crippen LogP) is 2.56. The lowest BCUT2D eigenvalue weighted by molar-refractivity contribution is -0.133. The number of halogens is 4. The first-order valence-corrected chi connectivity index (χ1v) is 6.33. The first kappa shape index (κ1) is 16.0. The van der Waals surface area contributed by atoms with Crippen molar-refractivity contribution < 1.29 is 18.0 Å². The summed E-state index contributed by atoms with van der Waals surface area (Å²) < 4.78 is 36.6. The first-order chi connectivity index (χ1) is 8.78. The van der Waals surface area contributed by atoms with E-state index in [1.165, 1.54) is 4.90 Å². The number of carbonyl (C=O) groups is 1. The van der Waals surface area contributed by atoms with Crippen molar-refractivity contribution in [3.05, 3.63) is 34.3 Å². The van der Waals surface area contributed by atoms with Crippen LogP contribution < -0.4 is 5.32 Å². The molecular weight excluding hydrogens is 325 g/mol. The van der Waals surface area contributed by atoms with E-state index < -0.39 is 12.7 Å². The topological polar surface area (TPSA) is 32.3 Å². The summed E-state index contributed by atoms with van der Waals surface area (Å²) in [4.78, 5) is 13.0. The third kappa shape index (κ3) is 6.58. The quantitative estimate of drug-likeness (QED) is 0.894. The zero-order chi connectivity index (χ0) is 14.5. The Morgan fingerprint density at radius 2 is 2.11 bits per heavy atom. The maximum atomic E-state index is 11.9. The highest BCUT2D eigenvalue weighted by molar-refractivity contribution is 9.10. The Morgan fingerprint density at radius 3 is 2.68 bits per heavy atom. The minimum absolute atomic E-state index is 0.329. The Labute approximate surface area is 117 Å². The normalized spacial score (nSPS) is 11.4. The van der Waals surface area contributed by atoms with Gasteiger partial charge in [0, 0.05) is 18.1 Å². The Kier molecular flexibility index (Phi) is 5.81. The van der Waals surface area contributed by atoms with Crippen LogP contribution in [0.2, 0.25) is 0 Å². The van der Waals surface area contributed by atoms with Gasteiger partial charge in [-0.05, 0) is 17.7 Å². The van der Waals surface area contributed by atoms with Crippen molar-refractivity contribution in [3.63, 3.8) is 0 Å². The van der Waals surface area contributed by atoms with Gasteiger partial charge in [-0.3, -0.25) is 4.79 Å². The molecule has 0 aliphatic rings. The standard InChI is InChI=1S/C12H14BrF3N2O/c1-18(7-9-3-2-4-10(13)5-9)11(19)6-17-8-12(14,15)16/h2-5,17H,6-8H2,1H3. The molecule has 7 heteroatoms. The van der Waals surface area contributed by atoms with Gasteiger partial charge >= 0.3 is 6.18 Å². The van der Waals surface area contributed by atoms with Gasteiger partial charge in [0.15, 0.2) is 0 Å². The molecule has 1 aromatic rings. The number of nitrogens with zero attached hydrogens (tertiary/aromatic N) is 1. The zero-order valence-electron chi connectivity index (χ0n) is 10.3. The van der Waals surface area contributed by atoms with Gasteiger partial charge in [-0.1, -0.05) is 28.1 Å². The molecule has 0 unspecified atom stereocenters. The summed E-state index contributed by atoms with van der Waals surface area (Å²) in [5.41, 5.74) is 0.904. The molecule has 0 saturated carbocycles. The monoisotopic (exact) mass is 338 g/mol. The molecule has 0 fully saturated rings. The predicted molar refractivity (Wildman–Crippen MR) is 69.5 cm³/mol. The van der Waals surface area contributed by atoms with Gasteiger partial charge in [0.25, 0.3) is 0 Å². The SMILES string of the molecule is CN(Cc1cccc(Br)c1)C(=O)CNCC(F)(F)F. The molecule has 0 aliphatic heterocycles. The van der Waals surface area contributed by atoms with Crippen molar-refractivity contribution in [3.8, 4) is 0 Å². The summed E-state index contributed by atoms with van der Waals surface area (Å²) in [5.74, 6) is -0.385. The molecule has 0 aromatic heterocycles. The molecule has 1 aromatic carbocycles. The largest absolute Gasteiger partial charge is 0.401 e. The van der Waals surface area contributed by atoms with Crippen molar-refractivity contribution in [1.29, 1.82) is 0 Å². The van der Waals surface area contributed by atoms with E-state index in [1.54, 1.807) is 7.05 Å². The van der Waals surface area contributed by atoms with E-state index in [1.807, 2.05) is 24.3 Å². The summed E-state index contributed by atoms with van der Waals surface area (Å²) in [6.07, 6.45) is -4.30. The number of benzene rings is 1. The molecule has 1 amide bonds. The number of rotatable bonds is 5. The fourth-order valence-corrected chi connectivity index (χ4v) is 1.89.